The van der Waals surface area contributed by atoms with Crippen LogP contribution in [0.3, 0.4) is 0 Å². The summed E-state index contributed by atoms with van der Waals surface area (Å²) in [5.41, 5.74) is 2.35. The van der Waals surface area contributed by atoms with Gasteiger partial charge in [-0.2, -0.15) is 13.2 Å². The minimum atomic E-state index is -4.03. The zero-order valence-electron chi connectivity index (χ0n) is 11.5. The van der Waals surface area contributed by atoms with Gasteiger partial charge in [-0.15, -0.1) is 0 Å². The lowest BCUT2D eigenvalue weighted by molar-refractivity contribution is -0.135. The van der Waals surface area contributed by atoms with Gasteiger partial charge < -0.3 is 9.88 Å². The van der Waals surface area contributed by atoms with Gasteiger partial charge in [0.05, 0.1) is 0 Å². The zero-order chi connectivity index (χ0) is 14.6. The number of aryl methyl sites for hydroxylation is 1. The fraction of sp³-hybridized carbons (Fsp3) is 0.467. The number of para-hydroxylation sites is 1. The molecule has 20 heavy (non-hydrogen) atoms. The average Bonchev–Trinajstić information content (AvgIpc) is 2.70. The van der Waals surface area contributed by atoms with E-state index in [0.717, 1.165) is 0 Å². The van der Waals surface area contributed by atoms with Crippen molar-refractivity contribution >= 4 is 10.9 Å². The number of nitrogens with one attached hydrogen (secondary N) is 1. The molecule has 0 aliphatic rings. The molecule has 0 aliphatic carbocycles. The molecule has 0 saturated heterocycles. The summed E-state index contributed by atoms with van der Waals surface area (Å²) >= 11 is 0. The molecule has 1 aromatic heterocycles. The van der Waals surface area contributed by atoms with E-state index in [2.05, 4.69) is 28.2 Å². The van der Waals surface area contributed by atoms with Gasteiger partial charge in [-0.3, -0.25) is 0 Å². The third kappa shape index (κ3) is 4.00. The fourth-order valence-corrected chi connectivity index (χ4v) is 2.36. The summed E-state index contributed by atoms with van der Waals surface area (Å²) in [4.78, 5) is 0. The second kappa shape index (κ2) is 6.31. The summed E-state index contributed by atoms with van der Waals surface area (Å²) in [7, 11) is 2.00. The molecule has 2 rings (SSSR count). The maximum Gasteiger partial charge on any atom is 0.389 e. The summed E-state index contributed by atoms with van der Waals surface area (Å²) in [6, 6.07) is 8.12. The van der Waals surface area contributed by atoms with Crippen molar-refractivity contribution in [1.29, 1.82) is 0 Å². The number of fused-ring (bicyclic) bond motifs is 1. The van der Waals surface area contributed by atoms with Crippen molar-refractivity contribution in [3.05, 3.63) is 36.0 Å². The molecule has 1 heterocycles. The molecule has 0 unspecified atom stereocenters. The van der Waals surface area contributed by atoms with Crippen molar-refractivity contribution < 1.29 is 13.2 Å². The van der Waals surface area contributed by atoms with E-state index in [0.29, 0.717) is 19.5 Å². The van der Waals surface area contributed by atoms with Gasteiger partial charge >= 0.3 is 6.18 Å². The highest BCUT2D eigenvalue weighted by Crippen LogP contribution is 2.22. The Hall–Kier alpha value is -1.49. The molecule has 110 valence electrons. The van der Waals surface area contributed by atoms with Crippen LogP contribution in [0, 0.1) is 0 Å². The molecular weight excluding hydrogens is 265 g/mol. The van der Waals surface area contributed by atoms with Crippen molar-refractivity contribution in [3.63, 3.8) is 0 Å². The van der Waals surface area contributed by atoms with Gasteiger partial charge in [0.1, 0.15) is 0 Å². The molecular formula is C15H19F3N2. The van der Waals surface area contributed by atoms with E-state index >= 15 is 0 Å². The third-order valence-electron chi connectivity index (χ3n) is 3.36. The lowest BCUT2D eigenvalue weighted by Crippen LogP contribution is -2.15. The van der Waals surface area contributed by atoms with E-state index in [1.165, 1.54) is 16.5 Å². The SMILES string of the molecule is Cn1cc(CNCCCCC(F)(F)F)c2ccccc21. The Bertz CT molecular complexity index is 558. The number of rotatable bonds is 6. The van der Waals surface area contributed by atoms with Crippen LogP contribution in [0.15, 0.2) is 30.5 Å². The normalized spacial score (nSPS) is 12.2. The Balaban J connectivity index is 1.79. The van der Waals surface area contributed by atoms with Crippen molar-refractivity contribution in [3.8, 4) is 0 Å². The van der Waals surface area contributed by atoms with E-state index in [-0.39, 0.29) is 6.42 Å². The molecule has 0 fully saturated rings. The monoisotopic (exact) mass is 284 g/mol. The van der Waals surface area contributed by atoms with E-state index in [1.54, 1.807) is 0 Å². The Morgan fingerprint density at radius 3 is 2.65 bits per heavy atom. The Labute approximate surface area is 116 Å². The van der Waals surface area contributed by atoms with Gasteiger partial charge in [0.25, 0.3) is 0 Å². The lowest BCUT2D eigenvalue weighted by Gasteiger charge is -2.06. The summed E-state index contributed by atoms with van der Waals surface area (Å²) < 4.78 is 38.0. The summed E-state index contributed by atoms with van der Waals surface area (Å²) in [6.07, 6.45) is -1.93. The first-order valence-corrected chi connectivity index (χ1v) is 6.78. The molecule has 0 bridgehead atoms. The van der Waals surface area contributed by atoms with E-state index in [9.17, 15) is 13.2 Å². The van der Waals surface area contributed by atoms with Crippen LogP contribution in [0.2, 0.25) is 0 Å². The molecule has 0 atom stereocenters. The Morgan fingerprint density at radius 2 is 1.90 bits per heavy atom. The number of unbranched alkanes of at least 4 members (excludes halogenated alkanes) is 1. The zero-order valence-corrected chi connectivity index (χ0v) is 11.5. The van der Waals surface area contributed by atoms with Crippen LogP contribution in [-0.4, -0.2) is 17.3 Å². The maximum absolute atomic E-state index is 12.0. The Morgan fingerprint density at radius 1 is 1.15 bits per heavy atom. The number of hydrogen-bond acceptors (Lipinski definition) is 1. The van der Waals surface area contributed by atoms with Gasteiger partial charge in [-0.1, -0.05) is 18.2 Å². The lowest BCUT2D eigenvalue weighted by atomic mass is 10.1. The fourth-order valence-electron chi connectivity index (χ4n) is 2.36. The standard InChI is InChI=1S/C15H19F3N2/c1-20-11-12(13-6-2-3-7-14(13)20)10-19-9-5-4-8-15(16,17)18/h2-3,6-7,11,19H,4-5,8-10H2,1H3. The van der Waals surface area contributed by atoms with Gasteiger partial charge in [-0.05, 0) is 31.0 Å². The van der Waals surface area contributed by atoms with Crippen LogP contribution in [0.1, 0.15) is 24.8 Å². The number of alkyl halides is 3. The first-order valence-electron chi connectivity index (χ1n) is 6.78. The Kier molecular flexibility index (Phi) is 4.70. The molecule has 5 heteroatoms. The first-order chi connectivity index (χ1) is 9.47. The maximum atomic E-state index is 12.0. The molecule has 0 amide bonds. The first kappa shape index (κ1) is 14.9. The van der Waals surface area contributed by atoms with Crippen LogP contribution < -0.4 is 5.32 Å². The number of aromatic nitrogens is 1. The third-order valence-corrected chi connectivity index (χ3v) is 3.36. The summed E-state index contributed by atoms with van der Waals surface area (Å²) in [5, 5.41) is 4.41. The van der Waals surface area contributed by atoms with E-state index in [1.807, 2.05) is 19.2 Å². The molecule has 1 aromatic carbocycles. The second-order valence-corrected chi connectivity index (χ2v) is 5.03. The molecule has 2 aromatic rings. The highest BCUT2D eigenvalue weighted by molar-refractivity contribution is 5.83. The molecule has 0 radical (unpaired) electrons. The molecule has 0 spiro atoms. The molecule has 1 N–H and O–H groups in total. The van der Waals surface area contributed by atoms with Crippen LogP contribution in [-0.2, 0) is 13.6 Å². The molecule has 0 saturated carbocycles. The average molecular weight is 284 g/mol. The minimum Gasteiger partial charge on any atom is -0.350 e. The number of hydrogen-bond donors (Lipinski definition) is 1. The smallest absolute Gasteiger partial charge is 0.350 e. The van der Waals surface area contributed by atoms with Crippen LogP contribution in [0.4, 0.5) is 13.2 Å². The van der Waals surface area contributed by atoms with Crippen molar-refractivity contribution in [2.75, 3.05) is 6.54 Å². The largest absolute Gasteiger partial charge is 0.389 e. The number of nitrogens with zero attached hydrogens (tertiary/aromatic N) is 1. The predicted molar refractivity (Wildman–Crippen MR) is 74.5 cm³/mol. The van der Waals surface area contributed by atoms with Crippen molar-refractivity contribution in [2.24, 2.45) is 7.05 Å². The summed E-state index contributed by atoms with van der Waals surface area (Å²) in [5.74, 6) is 0. The second-order valence-electron chi connectivity index (χ2n) is 5.03. The van der Waals surface area contributed by atoms with E-state index < -0.39 is 12.6 Å². The minimum absolute atomic E-state index is 0.187. The number of benzene rings is 1. The predicted octanol–water partition coefficient (Wildman–Crippen LogP) is 4.00. The van der Waals surface area contributed by atoms with Gasteiger partial charge in [0.2, 0.25) is 0 Å². The quantitative estimate of drug-likeness (QED) is 0.793. The molecule has 2 nitrogen and oxygen atoms in total. The van der Waals surface area contributed by atoms with Crippen molar-refractivity contribution in [1.82, 2.24) is 9.88 Å². The van der Waals surface area contributed by atoms with Crippen molar-refractivity contribution in [2.45, 2.75) is 32.0 Å². The topological polar surface area (TPSA) is 17.0 Å². The van der Waals surface area contributed by atoms with Gasteiger partial charge in [-0.25, -0.2) is 0 Å². The highest BCUT2D eigenvalue weighted by Gasteiger charge is 2.25. The van der Waals surface area contributed by atoms with Crippen LogP contribution in [0.5, 0.6) is 0 Å². The van der Waals surface area contributed by atoms with Crippen LogP contribution >= 0.6 is 0 Å². The van der Waals surface area contributed by atoms with Gasteiger partial charge in [0.15, 0.2) is 0 Å². The number of halogens is 3. The van der Waals surface area contributed by atoms with Gasteiger partial charge in [0, 0.05) is 37.1 Å². The van der Waals surface area contributed by atoms with E-state index in [4.69, 9.17) is 0 Å². The summed E-state index contributed by atoms with van der Waals surface area (Å²) in [6.45, 7) is 1.30. The van der Waals surface area contributed by atoms with Crippen LogP contribution in [0.25, 0.3) is 10.9 Å². The highest BCUT2D eigenvalue weighted by atomic mass is 19.4. The molecule has 0 aliphatic heterocycles.